The molecule has 0 spiro atoms. The van der Waals surface area contributed by atoms with Crippen LogP contribution >= 0.6 is 0 Å². The molecule has 2 unspecified atom stereocenters. The van der Waals surface area contributed by atoms with Crippen LogP contribution in [0.5, 0.6) is 0 Å². The number of nitrogens with one attached hydrogen (secondary N) is 3. The minimum Gasteiger partial charge on any atom is -0.335 e. The third kappa shape index (κ3) is 5.25. The van der Waals surface area contributed by atoms with Gasteiger partial charge in [-0.25, -0.2) is 13.6 Å². The highest BCUT2D eigenvalue weighted by Crippen LogP contribution is 2.43. The second-order valence-corrected chi connectivity index (χ2v) is 7.36. The minimum absolute atomic E-state index is 0.0198. The number of aromatic nitrogens is 2. The van der Waals surface area contributed by atoms with Crippen LogP contribution in [0.4, 0.5) is 19.3 Å². The average Bonchev–Trinajstić information content (AvgIpc) is 3.26. The Morgan fingerprint density at radius 2 is 1.87 bits per heavy atom. The normalized spacial score (nSPS) is 17.1. The van der Waals surface area contributed by atoms with Gasteiger partial charge in [0.1, 0.15) is 18.2 Å². The van der Waals surface area contributed by atoms with E-state index in [9.17, 15) is 18.4 Å². The van der Waals surface area contributed by atoms with Crippen molar-refractivity contribution >= 4 is 17.6 Å². The first-order valence-electron chi connectivity index (χ1n) is 9.84. The molecule has 0 saturated heterocycles. The summed E-state index contributed by atoms with van der Waals surface area (Å²) < 4.78 is 29.2. The molecule has 0 radical (unpaired) electrons. The molecule has 1 fully saturated rings. The number of urea groups is 1. The predicted octanol–water partition coefficient (Wildman–Crippen LogP) is 3.16. The predicted molar refractivity (Wildman–Crippen MR) is 110 cm³/mol. The summed E-state index contributed by atoms with van der Waals surface area (Å²) in [6.45, 7) is 0.336. The van der Waals surface area contributed by atoms with Gasteiger partial charge in [0.25, 0.3) is 0 Å². The molecule has 3 N–H and O–H groups in total. The molecule has 160 valence electrons. The van der Waals surface area contributed by atoms with Crippen molar-refractivity contribution in [2.75, 3.05) is 5.32 Å². The zero-order valence-corrected chi connectivity index (χ0v) is 16.5. The van der Waals surface area contributed by atoms with Crippen molar-refractivity contribution in [3.63, 3.8) is 0 Å². The fraction of sp³-hybridized carbons (Fsp3) is 0.227. The molecular weight excluding hydrogens is 404 g/mol. The summed E-state index contributed by atoms with van der Waals surface area (Å²) in [6, 6.07) is 11.9. The maximum absolute atomic E-state index is 13.9. The van der Waals surface area contributed by atoms with Gasteiger partial charge in [-0.2, -0.15) is 5.10 Å². The molecule has 3 amide bonds. The Morgan fingerprint density at radius 1 is 1.10 bits per heavy atom. The van der Waals surface area contributed by atoms with Gasteiger partial charge in [0.2, 0.25) is 5.91 Å². The standard InChI is InChI=1S/C22H21F2N5O2/c23-17-6-2-7-18(24)21(17)16-11-19(16)28-22(31)25-12-14-4-1-5-15(10-14)27-20(30)13-29-9-3-8-26-29/h1-10,16,19H,11-13H2,(H,27,30)(H2,25,28,31). The molecule has 1 aromatic heterocycles. The Balaban J connectivity index is 1.25. The van der Waals surface area contributed by atoms with Crippen molar-refractivity contribution in [1.29, 1.82) is 0 Å². The van der Waals surface area contributed by atoms with Gasteiger partial charge in [-0.05, 0) is 42.3 Å². The van der Waals surface area contributed by atoms with E-state index < -0.39 is 17.7 Å². The van der Waals surface area contributed by atoms with E-state index in [2.05, 4.69) is 21.0 Å². The zero-order chi connectivity index (χ0) is 21.8. The van der Waals surface area contributed by atoms with Crippen molar-refractivity contribution in [1.82, 2.24) is 20.4 Å². The average molecular weight is 425 g/mol. The number of rotatable bonds is 7. The molecule has 0 aliphatic heterocycles. The molecular formula is C22H21F2N5O2. The minimum atomic E-state index is -0.596. The Bertz CT molecular complexity index is 1070. The third-order valence-corrected chi connectivity index (χ3v) is 5.01. The molecule has 1 saturated carbocycles. The molecule has 2 atom stereocenters. The van der Waals surface area contributed by atoms with Crippen LogP contribution in [0.2, 0.25) is 0 Å². The smallest absolute Gasteiger partial charge is 0.315 e. The van der Waals surface area contributed by atoms with Crippen LogP contribution in [0, 0.1) is 11.6 Å². The van der Waals surface area contributed by atoms with Crippen molar-refractivity contribution in [2.45, 2.75) is 31.5 Å². The number of hydrogen-bond acceptors (Lipinski definition) is 3. The summed E-state index contributed by atoms with van der Waals surface area (Å²) in [7, 11) is 0. The molecule has 3 aromatic rings. The van der Waals surface area contributed by atoms with Crippen LogP contribution in [0.25, 0.3) is 0 Å². The summed E-state index contributed by atoms with van der Waals surface area (Å²) in [5.74, 6) is -1.77. The lowest BCUT2D eigenvalue weighted by molar-refractivity contribution is -0.116. The van der Waals surface area contributed by atoms with Crippen molar-refractivity contribution in [3.05, 3.63) is 83.7 Å². The Kier molecular flexibility index (Phi) is 5.92. The number of carbonyl (C=O) groups is 2. The second-order valence-electron chi connectivity index (χ2n) is 7.36. The lowest BCUT2D eigenvalue weighted by Gasteiger charge is -2.10. The van der Waals surface area contributed by atoms with E-state index in [4.69, 9.17) is 0 Å². The number of halogens is 2. The molecule has 1 aliphatic rings. The van der Waals surface area contributed by atoms with Crippen LogP contribution < -0.4 is 16.0 Å². The maximum Gasteiger partial charge on any atom is 0.315 e. The van der Waals surface area contributed by atoms with Crippen LogP contribution in [-0.2, 0) is 17.9 Å². The molecule has 7 nitrogen and oxygen atoms in total. The lowest BCUT2D eigenvalue weighted by atomic mass is 10.1. The number of benzene rings is 2. The molecule has 4 rings (SSSR count). The number of hydrogen-bond donors (Lipinski definition) is 3. The van der Waals surface area contributed by atoms with E-state index >= 15 is 0 Å². The van der Waals surface area contributed by atoms with Gasteiger partial charge in [0.15, 0.2) is 0 Å². The number of anilines is 1. The first-order valence-corrected chi connectivity index (χ1v) is 9.84. The quantitative estimate of drug-likeness (QED) is 0.543. The first-order chi connectivity index (χ1) is 15.0. The monoisotopic (exact) mass is 425 g/mol. The van der Waals surface area contributed by atoms with Crippen LogP contribution in [-0.4, -0.2) is 27.8 Å². The molecule has 1 heterocycles. The number of carbonyl (C=O) groups excluding carboxylic acids is 2. The largest absolute Gasteiger partial charge is 0.335 e. The summed E-state index contributed by atoms with van der Waals surface area (Å²) in [5.41, 5.74) is 1.42. The van der Waals surface area contributed by atoms with Crippen LogP contribution in [0.3, 0.4) is 0 Å². The number of amides is 3. The molecule has 1 aliphatic carbocycles. The Morgan fingerprint density at radius 3 is 2.61 bits per heavy atom. The highest BCUT2D eigenvalue weighted by molar-refractivity contribution is 5.90. The van der Waals surface area contributed by atoms with Gasteiger partial charge in [0.05, 0.1) is 0 Å². The maximum atomic E-state index is 13.9. The van der Waals surface area contributed by atoms with E-state index in [1.807, 2.05) is 6.07 Å². The summed E-state index contributed by atoms with van der Waals surface area (Å²) in [5, 5.41) is 12.2. The SMILES string of the molecule is O=C(Cn1cccn1)Nc1cccc(CNC(=O)NC2CC2c2c(F)cccc2F)c1. The topological polar surface area (TPSA) is 88.1 Å². The fourth-order valence-corrected chi connectivity index (χ4v) is 3.44. The van der Waals surface area contributed by atoms with Crippen LogP contribution in [0.15, 0.2) is 60.9 Å². The van der Waals surface area contributed by atoms with Gasteiger partial charge in [-0.15, -0.1) is 0 Å². The van der Waals surface area contributed by atoms with E-state index in [1.54, 1.807) is 36.7 Å². The van der Waals surface area contributed by atoms with Crippen molar-refractivity contribution in [2.24, 2.45) is 0 Å². The van der Waals surface area contributed by atoms with E-state index in [0.29, 0.717) is 12.1 Å². The van der Waals surface area contributed by atoms with Gasteiger partial charge < -0.3 is 16.0 Å². The van der Waals surface area contributed by atoms with Crippen LogP contribution in [0.1, 0.15) is 23.5 Å². The number of nitrogens with zero attached hydrogens (tertiary/aromatic N) is 2. The fourth-order valence-electron chi connectivity index (χ4n) is 3.44. The Hall–Kier alpha value is -3.75. The van der Waals surface area contributed by atoms with Gasteiger partial charge in [-0.3, -0.25) is 9.48 Å². The lowest BCUT2D eigenvalue weighted by Crippen LogP contribution is -2.37. The second kappa shape index (κ2) is 8.95. The molecule has 31 heavy (non-hydrogen) atoms. The van der Waals surface area contributed by atoms with Crippen molar-refractivity contribution < 1.29 is 18.4 Å². The zero-order valence-electron chi connectivity index (χ0n) is 16.5. The summed E-state index contributed by atoms with van der Waals surface area (Å²) in [6.07, 6.45) is 3.79. The first kappa shape index (κ1) is 20.5. The summed E-state index contributed by atoms with van der Waals surface area (Å²) >= 11 is 0. The van der Waals surface area contributed by atoms with Gasteiger partial charge >= 0.3 is 6.03 Å². The highest BCUT2D eigenvalue weighted by Gasteiger charge is 2.42. The summed E-state index contributed by atoms with van der Waals surface area (Å²) in [4.78, 5) is 24.2. The molecule has 2 aromatic carbocycles. The van der Waals surface area contributed by atoms with E-state index in [0.717, 1.165) is 5.56 Å². The molecule has 0 bridgehead atoms. The van der Waals surface area contributed by atoms with Crippen molar-refractivity contribution in [3.8, 4) is 0 Å². The molecule has 9 heteroatoms. The highest BCUT2D eigenvalue weighted by atomic mass is 19.1. The Labute approximate surface area is 177 Å². The van der Waals surface area contributed by atoms with Gasteiger partial charge in [0, 0.05) is 42.1 Å². The van der Waals surface area contributed by atoms with E-state index in [1.165, 1.54) is 22.9 Å². The van der Waals surface area contributed by atoms with Gasteiger partial charge in [-0.1, -0.05) is 18.2 Å². The third-order valence-electron chi connectivity index (χ3n) is 5.01. The van der Waals surface area contributed by atoms with E-state index in [-0.39, 0.29) is 36.5 Å².